The van der Waals surface area contributed by atoms with Gasteiger partial charge in [-0.3, -0.25) is 0 Å². The number of para-hydroxylation sites is 3. The largest absolute Gasteiger partial charge is 0.454 e. The number of aromatic nitrogens is 1. The minimum absolute atomic E-state index is 0.853. The first-order valence-corrected chi connectivity index (χ1v) is 14.9. The van der Waals surface area contributed by atoms with Gasteiger partial charge in [0.05, 0.1) is 22.6 Å². The van der Waals surface area contributed by atoms with Crippen molar-refractivity contribution in [3.8, 4) is 11.3 Å². The molecule has 0 radical (unpaired) electrons. The molecule has 44 heavy (non-hydrogen) atoms. The van der Waals surface area contributed by atoms with Gasteiger partial charge in [-0.1, -0.05) is 121 Å². The van der Waals surface area contributed by atoms with Crippen LogP contribution in [0.25, 0.3) is 65.6 Å². The zero-order valence-electron chi connectivity index (χ0n) is 23.8. The van der Waals surface area contributed by atoms with E-state index in [0.29, 0.717) is 0 Å². The molecule has 0 spiro atoms. The maximum atomic E-state index is 6.86. The van der Waals surface area contributed by atoms with Crippen molar-refractivity contribution >= 4 is 71.4 Å². The van der Waals surface area contributed by atoms with Gasteiger partial charge in [0, 0.05) is 43.6 Å². The number of anilines is 3. The van der Waals surface area contributed by atoms with Crippen LogP contribution in [0.15, 0.2) is 162 Å². The number of hydrogen-bond donors (Lipinski definition) is 0. The van der Waals surface area contributed by atoms with Gasteiger partial charge < -0.3 is 9.32 Å². The molecule has 3 nitrogen and oxygen atoms in total. The summed E-state index contributed by atoms with van der Waals surface area (Å²) in [6.07, 6.45) is 0. The van der Waals surface area contributed by atoms with Gasteiger partial charge in [-0.25, -0.2) is 4.98 Å². The summed E-state index contributed by atoms with van der Waals surface area (Å²) in [6.45, 7) is 0. The lowest BCUT2D eigenvalue weighted by molar-refractivity contribution is 0.669. The highest BCUT2D eigenvalue weighted by atomic mass is 16.3. The fraction of sp³-hybridized carbons (Fsp3) is 0. The Morgan fingerprint density at radius 2 is 1.14 bits per heavy atom. The van der Waals surface area contributed by atoms with Crippen molar-refractivity contribution in [1.29, 1.82) is 0 Å². The molecule has 0 atom stereocenters. The number of rotatable bonds is 4. The third kappa shape index (κ3) is 3.73. The van der Waals surface area contributed by atoms with Crippen LogP contribution in [-0.2, 0) is 0 Å². The van der Waals surface area contributed by atoms with E-state index in [1.54, 1.807) is 0 Å². The molecule has 0 fully saturated rings. The van der Waals surface area contributed by atoms with Gasteiger partial charge in [0.1, 0.15) is 5.58 Å². The van der Waals surface area contributed by atoms with Crippen molar-refractivity contribution < 1.29 is 4.42 Å². The van der Waals surface area contributed by atoms with Crippen molar-refractivity contribution in [1.82, 2.24) is 4.98 Å². The molecule has 9 aromatic rings. The average Bonchev–Trinajstić information content (AvgIpc) is 3.49. The van der Waals surface area contributed by atoms with Crippen molar-refractivity contribution in [2.75, 3.05) is 4.90 Å². The maximum absolute atomic E-state index is 6.86. The number of benzene rings is 7. The Balaban J connectivity index is 1.52. The van der Waals surface area contributed by atoms with E-state index in [9.17, 15) is 0 Å². The normalized spacial score (nSPS) is 11.6. The summed E-state index contributed by atoms with van der Waals surface area (Å²) < 4.78 is 6.86. The van der Waals surface area contributed by atoms with Gasteiger partial charge in [0.2, 0.25) is 0 Å². The van der Waals surface area contributed by atoms with Gasteiger partial charge in [-0.2, -0.15) is 0 Å². The number of fused-ring (bicyclic) bond motifs is 8. The van der Waals surface area contributed by atoms with Gasteiger partial charge >= 0.3 is 0 Å². The van der Waals surface area contributed by atoms with Gasteiger partial charge in [0.15, 0.2) is 5.58 Å². The van der Waals surface area contributed by atoms with Gasteiger partial charge in [-0.05, 0) is 41.8 Å². The Bertz CT molecular complexity index is 2490. The van der Waals surface area contributed by atoms with Crippen molar-refractivity contribution in [2.24, 2.45) is 0 Å². The summed E-state index contributed by atoms with van der Waals surface area (Å²) in [5.74, 6) is 0. The summed E-state index contributed by atoms with van der Waals surface area (Å²) in [5, 5.41) is 7.91. The first-order chi connectivity index (χ1) is 21.8. The lowest BCUT2D eigenvalue weighted by Gasteiger charge is -2.27. The van der Waals surface area contributed by atoms with Crippen LogP contribution in [0.5, 0.6) is 0 Å². The predicted molar refractivity (Wildman–Crippen MR) is 184 cm³/mol. The monoisotopic (exact) mass is 562 g/mol. The number of nitrogens with zero attached hydrogens (tertiary/aromatic N) is 2. The topological polar surface area (TPSA) is 29.3 Å². The molecule has 0 saturated carbocycles. The van der Waals surface area contributed by atoms with E-state index < -0.39 is 0 Å². The van der Waals surface area contributed by atoms with Gasteiger partial charge in [0.25, 0.3) is 0 Å². The molecule has 0 aliphatic carbocycles. The second-order valence-corrected chi connectivity index (χ2v) is 11.1. The number of pyridine rings is 1. The van der Waals surface area contributed by atoms with E-state index >= 15 is 0 Å². The van der Waals surface area contributed by atoms with E-state index in [1.165, 1.54) is 10.8 Å². The third-order valence-corrected chi connectivity index (χ3v) is 8.60. The Morgan fingerprint density at radius 3 is 1.98 bits per heavy atom. The molecule has 9 rings (SSSR count). The molecule has 7 aromatic carbocycles. The molecule has 0 N–H and O–H groups in total. The maximum Gasteiger partial charge on any atom is 0.160 e. The van der Waals surface area contributed by atoms with Crippen LogP contribution in [0.3, 0.4) is 0 Å². The standard InChI is InChI=1S/C41H26N2O/c1-3-15-28(16-4-1)40-33-26-36(43(29-18-5-2-6-19-29)35-24-13-17-27-14-7-8-20-30(27)35)41-39(32-22-10-12-25-37(32)44-41)38(33)31-21-9-11-23-34(31)42-40/h1-26H. The number of hydrogen-bond acceptors (Lipinski definition) is 3. The van der Waals surface area contributed by atoms with Crippen molar-refractivity contribution in [3.63, 3.8) is 0 Å². The molecule has 3 heteroatoms. The van der Waals surface area contributed by atoms with Crippen LogP contribution < -0.4 is 4.90 Å². The molecular weight excluding hydrogens is 536 g/mol. The molecule has 2 aromatic heterocycles. The van der Waals surface area contributed by atoms with E-state index in [-0.39, 0.29) is 0 Å². The first kappa shape index (κ1) is 24.6. The predicted octanol–water partition coefficient (Wildman–Crippen LogP) is 11.6. The molecule has 0 aliphatic rings. The molecule has 0 bridgehead atoms. The fourth-order valence-electron chi connectivity index (χ4n) is 6.68. The van der Waals surface area contributed by atoms with Crippen LogP contribution in [0.1, 0.15) is 0 Å². The van der Waals surface area contributed by atoms with Crippen LogP contribution in [0, 0.1) is 0 Å². The quantitative estimate of drug-likeness (QED) is 0.200. The minimum Gasteiger partial charge on any atom is -0.454 e. The number of furan rings is 1. The van der Waals surface area contributed by atoms with Crippen molar-refractivity contribution in [3.05, 3.63) is 158 Å². The fourth-order valence-corrected chi connectivity index (χ4v) is 6.68. The lowest BCUT2D eigenvalue weighted by Crippen LogP contribution is -2.11. The molecule has 0 unspecified atom stereocenters. The summed E-state index contributed by atoms with van der Waals surface area (Å²) in [6, 6.07) is 55.3. The molecule has 206 valence electrons. The average molecular weight is 563 g/mol. The third-order valence-electron chi connectivity index (χ3n) is 8.60. The molecule has 2 heterocycles. The smallest absolute Gasteiger partial charge is 0.160 e. The SMILES string of the molecule is c1ccc(-c2nc3ccccc3c3c2cc(N(c2ccccc2)c2cccc4ccccc24)c2oc4ccccc4c23)cc1. The van der Waals surface area contributed by atoms with E-state index in [4.69, 9.17) is 9.40 Å². The molecule has 0 aliphatic heterocycles. The summed E-state index contributed by atoms with van der Waals surface area (Å²) in [4.78, 5) is 7.64. The minimum atomic E-state index is 0.853. The molecular formula is C41H26N2O. The Morgan fingerprint density at radius 1 is 0.477 bits per heavy atom. The summed E-state index contributed by atoms with van der Waals surface area (Å²) in [5.41, 5.74) is 7.84. The van der Waals surface area contributed by atoms with Crippen molar-refractivity contribution in [2.45, 2.75) is 0 Å². The lowest BCUT2D eigenvalue weighted by atomic mass is 9.94. The zero-order valence-corrected chi connectivity index (χ0v) is 23.8. The highest BCUT2D eigenvalue weighted by Gasteiger charge is 2.25. The van der Waals surface area contributed by atoms with Gasteiger partial charge in [-0.15, -0.1) is 0 Å². The van der Waals surface area contributed by atoms with E-state index in [2.05, 4.69) is 157 Å². The molecule has 0 saturated heterocycles. The van der Waals surface area contributed by atoms with Crippen LogP contribution in [0.4, 0.5) is 17.1 Å². The Hall–Kier alpha value is -5.93. The zero-order chi connectivity index (χ0) is 29.0. The Labute approximate surface area is 254 Å². The Kier molecular flexibility index (Phi) is 5.50. The van der Waals surface area contributed by atoms with E-state index in [1.807, 2.05) is 6.07 Å². The highest BCUT2D eigenvalue weighted by molar-refractivity contribution is 6.31. The second-order valence-electron chi connectivity index (χ2n) is 11.1. The molecule has 0 amide bonds. The summed E-state index contributed by atoms with van der Waals surface area (Å²) in [7, 11) is 0. The summed E-state index contributed by atoms with van der Waals surface area (Å²) >= 11 is 0. The highest BCUT2D eigenvalue weighted by Crippen LogP contribution is 2.49. The van der Waals surface area contributed by atoms with Crippen LogP contribution >= 0.6 is 0 Å². The second kappa shape index (κ2) is 9.82. The van der Waals surface area contributed by atoms with Crippen LogP contribution in [0.2, 0.25) is 0 Å². The first-order valence-electron chi connectivity index (χ1n) is 14.9. The van der Waals surface area contributed by atoms with Crippen LogP contribution in [-0.4, -0.2) is 4.98 Å². The van der Waals surface area contributed by atoms with E-state index in [0.717, 1.165) is 71.9 Å².